The molecule has 1 aliphatic heterocycles. The van der Waals surface area contributed by atoms with Gasteiger partial charge in [-0.1, -0.05) is 12.8 Å². The van der Waals surface area contributed by atoms with Gasteiger partial charge in [0.25, 0.3) is 5.91 Å². The zero-order chi connectivity index (χ0) is 16.8. The number of benzene rings is 1. The minimum absolute atomic E-state index is 0. The van der Waals surface area contributed by atoms with Gasteiger partial charge >= 0.3 is 0 Å². The van der Waals surface area contributed by atoms with Gasteiger partial charge in [0.1, 0.15) is 12.4 Å². The molecule has 1 saturated heterocycles. The highest BCUT2D eigenvalue weighted by molar-refractivity contribution is 5.94. The Balaban J connectivity index is 0.00000225. The first kappa shape index (κ1) is 20.0. The lowest BCUT2D eigenvalue weighted by molar-refractivity contribution is 0.0679. The van der Waals surface area contributed by atoms with E-state index in [0.29, 0.717) is 24.6 Å². The number of rotatable bonds is 6. The van der Waals surface area contributed by atoms with Gasteiger partial charge in [-0.15, -0.1) is 12.4 Å². The highest BCUT2D eigenvalue weighted by atomic mass is 35.5. The fourth-order valence-corrected chi connectivity index (χ4v) is 3.60. The van der Waals surface area contributed by atoms with Gasteiger partial charge in [0.05, 0.1) is 6.10 Å². The molecule has 0 radical (unpaired) electrons. The SMILES string of the molecule is Cl.NCC1CCCCC1NC(=O)c1ccc(OCC2CCCO2)cc1. The Morgan fingerprint density at radius 2 is 1.92 bits per heavy atom. The maximum Gasteiger partial charge on any atom is 0.251 e. The second-order valence-electron chi connectivity index (χ2n) is 6.83. The van der Waals surface area contributed by atoms with Crippen molar-refractivity contribution in [2.75, 3.05) is 19.8 Å². The summed E-state index contributed by atoms with van der Waals surface area (Å²) in [7, 11) is 0. The van der Waals surface area contributed by atoms with Crippen LogP contribution in [0.25, 0.3) is 0 Å². The Morgan fingerprint density at radius 3 is 2.60 bits per heavy atom. The van der Waals surface area contributed by atoms with Crippen molar-refractivity contribution < 1.29 is 14.3 Å². The zero-order valence-electron chi connectivity index (χ0n) is 14.6. The van der Waals surface area contributed by atoms with Crippen molar-refractivity contribution in [3.05, 3.63) is 29.8 Å². The van der Waals surface area contributed by atoms with Crippen LogP contribution in [0.1, 0.15) is 48.9 Å². The number of carbonyl (C=O) groups excluding carboxylic acids is 1. The van der Waals surface area contributed by atoms with Crippen LogP contribution in [0.2, 0.25) is 0 Å². The molecule has 2 aliphatic rings. The fraction of sp³-hybridized carbons (Fsp3) is 0.632. The molecule has 3 atom stereocenters. The number of nitrogens with one attached hydrogen (secondary N) is 1. The maximum absolute atomic E-state index is 12.4. The molecule has 1 saturated carbocycles. The molecule has 25 heavy (non-hydrogen) atoms. The lowest BCUT2D eigenvalue weighted by Gasteiger charge is -2.31. The highest BCUT2D eigenvalue weighted by Gasteiger charge is 2.25. The van der Waals surface area contributed by atoms with E-state index in [9.17, 15) is 4.79 Å². The molecule has 1 heterocycles. The second-order valence-corrected chi connectivity index (χ2v) is 6.83. The second kappa shape index (κ2) is 10.00. The smallest absolute Gasteiger partial charge is 0.251 e. The topological polar surface area (TPSA) is 73.6 Å². The van der Waals surface area contributed by atoms with E-state index >= 15 is 0 Å². The van der Waals surface area contributed by atoms with Crippen LogP contribution in [0.4, 0.5) is 0 Å². The molecule has 0 bridgehead atoms. The Morgan fingerprint density at radius 1 is 1.16 bits per heavy atom. The molecular formula is C19H29ClN2O3. The molecule has 1 amide bonds. The van der Waals surface area contributed by atoms with Crippen LogP contribution in [-0.4, -0.2) is 37.8 Å². The Hall–Kier alpha value is -1.30. The first-order chi connectivity index (χ1) is 11.8. The number of ether oxygens (including phenoxy) is 2. The van der Waals surface area contributed by atoms with Gasteiger partial charge in [-0.2, -0.15) is 0 Å². The molecular weight excluding hydrogens is 340 g/mol. The molecule has 3 unspecified atom stereocenters. The maximum atomic E-state index is 12.4. The lowest BCUT2D eigenvalue weighted by Crippen LogP contribution is -2.44. The normalized spacial score (nSPS) is 25.9. The molecule has 1 aromatic carbocycles. The van der Waals surface area contributed by atoms with E-state index in [-0.39, 0.29) is 30.5 Å². The van der Waals surface area contributed by atoms with Crippen LogP contribution in [-0.2, 0) is 4.74 Å². The number of amides is 1. The summed E-state index contributed by atoms with van der Waals surface area (Å²) in [6, 6.07) is 7.55. The third kappa shape index (κ3) is 5.59. The molecule has 1 aromatic rings. The molecule has 6 heteroatoms. The van der Waals surface area contributed by atoms with E-state index in [4.69, 9.17) is 15.2 Å². The third-order valence-corrected chi connectivity index (χ3v) is 5.10. The number of hydrogen-bond donors (Lipinski definition) is 2. The summed E-state index contributed by atoms with van der Waals surface area (Å²) in [4.78, 5) is 12.4. The monoisotopic (exact) mass is 368 g/mol. The van der Waals surface area contributed by atoms with Gasteiger partial charge in [0.2, 0.25) is 0 Å². The van der Waals surface area contributed by atoms with Gasteiger partial charge in [-0.25, -0.2) is 0 Å². The van der Waals surface area contributed by atoms with Crippen molar-refractivity contribution in [1.29, 1.82) is 0 Å². The van der Waals surface area contributed by atoms with E-state index in [2.05, 4.69) is 5.32 Å². The average Bonchev–Trinajstić information content (AvgIpc) is 3.14. The van der Waals surface area contributed by atoms with Gasteiger partial charge in [-0.3, -0.25) is 4.79 Å². The zero-order valence-corrected chi connectivity index (χ0v) is 15.4. The van der Waals surface area contributed by atoms with E-state index in [0.717, 1.165) is 44.5 Å². The molecule has 140 valence electrons. The first-order valence-electron chi connectivity index (χ1n) is 9.11. The van der Waals surface area contributed by atoms with E-state index in [1.54, 1.807) is 0 Å². The molecule has 1 aliphatic carbocycles. The summed E-state index contributed by atoms with van der Waals surface area (Å²) >= 11 is 0. The van der Waals surface area contributed by atoms with Crippen molar-refractivity contribution in [1.82, 2.24) is 5.32 Å². The minimum Gasteiger partial charge on any atom is -0.491 e. The van der Waals surface area contributed by atoms with Crippen LogP contribution in [0.3, 0.4) is 0 Å². The summed E-state index contributed by atoms with van der Waals surface area (Å²) in [6.45, 7) is 2.05. The number of carbonyl (C=O) groups is 1. The minimum atomic E-state index is -0.0222. The van der Waals surface area contributed by atoms with Gasteiger partial charge in [-0.05, 0) is 62.4 Å². The molecule has 5 nitrogen and oxygen atoms in total. The summed E-state index contributed by atoms with van der Waals surface area (Å²) in [5, 5.41) is 3.15. The number of nitrogens with two attached hydrogens (primary N) is 1. The van der Waals surface area contributed by atoms with E-state index in [1.165, 1.54) is 6.42 Å². The summed E-state index contributed by atoms with van der Waals surface area (Å²) in [5.41, 5.74) is 6.50. The van der Waals surface area contributed by atoms with Gasteiger partial charge in [0, 0.05) is 18.2 Å². The quantitative estimate of drug-likeness (QED) is 0.809. The standard InChI is InChI=1S/C19H28N2O3.ClH/c20-12-15-4-1-2-6-18(15)21-19(22)14-7-9-16(10-8-14)24-13-17-5-3-11-23-17;/h7-10,15,17-18H,1-6,11-13,20H2,(H,21,22);1H. The van der Waals surface area contributed by atoms with Crippen molar-refractivity contribution in [3.63, 3.8) is 0 Å². The van der Waals surface area contributed by atoms with E-state index in [1.807, 2.05) is 24.3 Å². The predicted molar refractivity (Wildman–Crippen MR) is 100 cm³/mol. The van der Waals surface area contributed by atoms with Crippen LogP contribution in [0, 0.1) is 5.92 Å². The molecule has 3 rings (SSSR count). The lowest BCUT2D eigenvalue weighted by atomic mass is 9.84. The summed E-state index contributed by atoms with van der Waals surface area (Å²) in [5.74, 6) is 1.15. The molecule has 2 fully saturated rings. The fourth-order valence-electron chi connectivity index (χ4n) is 3.60. The average molecular weight is 369 g/mol. The molecule has 3 N–H and O–H groups in total. The van der Waals surface area contributed by atoms with Gasteiger partial charge in [0.15, 0.2) is 0 Å². The first-order valence-corrected chi connectivity index (χ1v) is 9.11. The highest BCUT2D eigenvalue weighted by Crippen LogP contribution is 2.24. The van der Waals surface area contributed by atoms with Crippen molar-refractivity contribution >= 4 is 18.3 Å². The van der Waals surface area contributed by atoms with Crippen LogP contribution < -0.4 is 15.8 Å². The summed E-state index contributed by atoms with van der Waals surface area (Å²) < 4.78 is 11.3. The Labute approximate surface area is 156 Å². The number of halogens is 1. The number of hydrogen-bond acceptors (Lipinski definition) is 4. The Bertz CT molecular complexity index is 532. The molecule has 0 spiro atoms. The molecule has 0 aromatic heterocycles. The Kier molecular flexibility index (Phi) is 8.00. The van der Waals surface area contributed by atoms with Crippen molar-refractivity contribution in [3.8, 4) is 5.75 Å². The van der Waals surface area contributed by atoms with Crippen LogP contribution in [0.5, 0.6) is 5.75 Å². The third-order valence-electron chi connectivity index (χ3n) is 5.10. The predicted octanol–water partition coefficient (Wildman–Crippen LogP) is 2.91. The van der Waals surface area contributed by atoms with Crippen LogP contribution >= 0.6 is 12.4 Å². The van der Waals surface area contributed by atoms with Crippen molar-refractivity contribution in [2.24, 2.45) is 11.7 Å². The van der Waals surface area contributed by atoms with Crippen LogP contribution in [0.15, 0.2) is 24.3 Å². The summed E-state index contributed by atoms with van der Waals surface area (Å²) in [6.07, 6.45) is 6.88. The van der Waals surface area contributed by atoms with E-state index < -0.39 is 0 Å². The largest absolute Gasteiger partial charge is 0.491 e. The van der Waals surface area contributed by atoms with Gasteiger partial charge < -0.3 is 20.5 Å². The van der Waals surface area contributed by atoms with Crippen molar-refractivity contribution in [2.45, 2.75) is 50.7 Å².